The van der Waals surface area contributed by atoms with E-state index in [1.807, 2.05) is 6.92 Å². The number of hydrogen-bond donors (Lipinski definition) is 1. The number of benzene rings is 1. The van der Waals surface area contributed by atoms with E-state index in [1.54, 1.807) is 23.1 Å². The topological polar surface area (TPSA) is 120 Å². The highest BCUT2D eigenvalue weighted by molar-refractivity contribution is 6.02. The van der Waals surface area contributed by atoms with Crippen molar-refractivity contribution in [2.75, 3.05) is 18.1 Å². The monoisotopic (exact) mass is 359 g/mol. The predicted molar refractivity (Wildman–Crippen MR) is 90.8 cm³/mol. The Labute approximate surface area is 148 Å². The van der Waals surface area contributed by atoms with Gasteiger partial charge in [0.05, 0.1) is 17.2 Å². The minimum absolute atomic E-state index is 0.181. The summed E-state index contributed by atoms with van der Waals surface area (Å²) in [7, 11) is 0. The second kappa shape index (κ2) is 7.21. The van der Waals surface area contributed by atoms with Gasteiger partial charge in [-0.1, -0.05) is 0 Å². The number of aromatic nitrogens is 2. The van der Waals surface area contributed by atoms with Gasteiger partial charge in [-0.2, -0.15) is 5.10 Å². The maximum absolute atomic E-state index is 12.3. The number of rotatable bonds is 6. The average Bonchev–Trinajstić information content (AvgIpc) is 3.09. The molecule has 1 aromatic heterocycles. The fraction of sp³-hybridized carbons (Fsp3) is 0.312. The third-order valence-electron chi connectivity index (χ3n) is 3.83. The maximum atomic E-state index is 12.3. The standard InChI is InChI=1S/C16H17N5O5/c1-11(8-19-6-2-5-17-19)18-15(22)9-20-13-7-12(21(24)25)3-4-14(13)26-10-16(20)23/h2-7,11H,8-10H2,1H3,(H,18,22)/t11-/m1/s1. The Morgan fingerprint density at radius 3 is 3.00 bits per heavy atom. The molecule has 10 heteroatoms. The number of nitro groups is 1. The zero-order chi connectivity index (χ0) is 18.7. The number of carbonyl (C=O) groups is 2. The number of anilines is 1. The highest BCUT2D eigenvalue weighted by Gasteiger charge is 2.29. The lowest BCUT2D eigenvalue weighted by atomic mass is 10.2. The summed E-state index contributed by atoms with van der Waals surface area (Å²) in [5.41, 5.74) is 0.0323. The lowest BCUT2D eigenvalue weighted by Crippen LogP contribution is -2.47. The number of fused-ring (bicyclic) bond motifs is 1. The van der Waals surface area contributed by atoms with Gasteiger partial charge in [-0.05, 0) is 19.1 Å². The Balaban J connectivity index is 1.70. The van der Waals surface area contributed by atoms with Gasteiger partial charge in [-0.15, -0.1) is 0 Å². The van der Waals surface area contributed by atoms with Crippen LogP contribution in [0.3, 0.4) is 0 Å². The molecule has 1 aromatic carbocycles. The summed E-state index contributed by atoms with van der Waals surface area (Å²) in [5.74, 6) is -0.488. The number of hydrogen-bond acceptors (Lipinski definition) is 6. The van der Waals surface area contributed by atoms with Crippen LogP contribution in [-0.2, 0) is 16.1 Å². The van der Waals surface area contributed by atoms with Crippen LogP contribution < -0.4 is 15.0 Å². The Hall–Kier alpha value is -3.43. The molecular formula is C16H17N5O5. The number of carbonyl (C=O) groups excluding carboxylic acids is 2. The molecule has 0 saturated carbocycles. The second-order valence-corrected chi connectivity index (χ2v) is 5.87. The third kappa shape index (κ3) is 3.79. The Morgan fingerprint density at radius 2 is 2.31 bits per heavy atom. The van der Waals surface area contributed by atoms with E-state index in [1.165, 1.54) is 23.1 Å². The first kappa shape index (κ1) is 17.4. The molecule has 10 nitrogen and oxygen atoms in total. The van der Waals surface area contributed by atoms with Gasteiger partial charge in [0.25, 0.3) is 11.6 Å². The first-order valence-electron chi connectivity index (χ1n) is 7.92. The molecule has 0 spiro atoms. The zero-order valence-electron chi connectivity index (χ0n) is 14.0. The normalized spacial score (nSPS) is 14.3. The molecule has 0 radical (unpaired) electrons. The van der Waals surface area contributed by atoms with Crippen LogP contribution in [0.1, 0.15) is 6.92 Å². The van der Waals surface area contributed by atoms with Crippen LogP contribution in [0.4, 0.5) is 11.4 Å². The van der Waals surface area contributed by atoms with Crippen LogP contribution in [0.2, 0.25) is 0 Å². The van der Waals surface area contributed by atoms with Crippen LogP contribution in [0.15, 0.2) is 36.7 Å². The molecule has 0 aliphatic carbocycles. The molecule has 0 bridgehead atoms. The minimum atomic E-state index is -0.566. The predicted octanol–water partition coefficient (Wildman–Crippen LogP) is 0.722. The number of ether oxygens (including phenoxy) is 1. The van der Waals surface area contributed by atoms with Gasteiger partial charge in [0.1, 0.15) is 12.3 Å². The van der Waals surface area contributed by atoms with Crippen molar-refractivity contribution in [3.05, 3.63) is 46.8 Å². The van der Waals surface area contributed by atoms with Gasteiger partial charge in [0.2, 0.25) is 5.91 Å². The van der Waals surface area contributed by atoms with Crippen molar-refractivity contribution >= 4 is 23.2 Å². The first-order chi connectivity index (χ1) is 12.4. The Bertz CT molecular complexity index is 836. The molecule has 0 unspecified atom stereocenters. The summed E-state index contributed by atoms with van der Waals surface area (Å²) in [6.45, 7) is 1.83. The van der Waals surface area contributed by atoms with Crippen molar-refractivity contribution in [1.29, 1.82) is 0 Å². The van der Waals surface area contributed by atoms with Crippen LogP contribution in [-0.4, -0.2) is 45.7 Å². The molecule has 136 valence electrons. The highest BCUT2D eigenvalue weighted by atomic mass is 16.6. The highest BCUT2D eigenvalue weighted by Crippen LogP contribution is 2.35. The van der Waals surface area contributed by atoms with Gasteiger partial charge < -0.3 is 10.1 Å². The molecule has 3 rings (SSSR count). The summed E-state index contributed by atoms with van der Waals surface area (Å²) < 4.78 is 6.96. The van der Waals surface area contributed by atoms with Crippen molar-refractivity contribution < 1.29 is 19.2 Å². The summed E-state index contributed by atoms with van der Waals surface area (Å²) in [6, 6.07) is 5.52. The molecule has 2 aromatic rings. The van der Waals surface area contributed by atoms with Gasteiger partial charge in [-0.3, -0.25) is 29.3 Å². The van der Waals surface area contributed by atoms with E-state index in [0.717, 1.165) is 0 Å². The molecule has 2 amide bonds. The van der Waals surface area contributed by atoms with E-state index in [-0.39, 0.29) is 36.5 Å². The fourth-order valence-corrected chi connectivity index (χ4v) is 2.68. The summed E-state index contributed by atoms with van der Waals surface area (Å²) in [4.78, 5) is 36.1. The summed E-state index contributed by atoms with van der Waals surface area (Å²) in [5, 5.41) is 17.8. The van der Waals surface area contributed by atoms with Crippen LogP contribution >= 0.6 is 0 Å². The maximum Gasteiger partial charge on any atom is 0.271 e. The van der Waals surface area contributed by atoms with E-state index >= 15 is 0 Å². The van der Waals surface area contributed by atoms with E-state index in [2.05, 4.69) is 10.4 Å². The quantitative estimate of drug-likeness (QED) is 0.599. The molecule has 1 aliphatic heterocycles. The second-order valence-electron chi connectivity index (χ2n) is 5.87. The van der Waals surface area contributed by atoms with Crippen molar-refractivity contribution in [1.82, 2.24) is 15.1 Å². The summed E-state index contributed by atoms with van der Waals surface area (Å²) >= 11 is 0. The zero-order valence-corrected chi connectivity index (χ0v) is 14.0. The SMILES string of the molecule is C[C@H](Cn1cccn1)NC(=O)CN1C(=O)COc2ccc([N+](=O)[O-])cc21. The van der Waals surface area contributed by atoms with E-state index in [0.29, 0.717) is 12.3 Å². The van der Waals surface area contributed by atoms with E-state index in [9.17, 15) is 19.7 Å². The number of amides is 2. The molecule has 0 saturated heterocycles. The summed E-state index contributed by atoms with van der Waals surface area (Å²) in [6.07, 6.45) is 3.42. The smallest absolute Gasteiger partial charge is 0.271 e. The number of non-ortho nitro benzene ring substituents is 1. The lowest BCUT2D eigenvalue weighted by Gasteiger charge is -2.29. The number of nitro benzene ring substituents is 1. The van der Waals surface area contributed by atoms with E-state index < -0.39 is 10.8 Å². The minimum Gasteiger partial charge on any atom is -0.482 e. The van der Waals surface area contributed by atoms with Crippen molar-refractivity contribution in [3.8, 4) is 5.75 Å². The molecule has 1 aliphatic rings. The van der Waals surface area contributed by atoms with Crippen molar-refractivity contribution in [2.24, 2.45) is 0 Å². The van der Waals surface area contributed by atoms with Crippen LogP contribution in [0, 0.1) is 10.1 Å². The molecule has 1 atom stereocenters. The van der Waals surface area contributed by atoms with Gasteiger partial charge >= 0.3 is 0 Å². The molecule has 0 fully saturated rings. The molecular weight excluding hydrogens is 342 g/mol. The Morgan fingerprint density at radius 1 is 1.50 bits per heavy atom. The Kier molecular flexibility index (Phi) is 4.83. The van der Waals surface area contributed by atoms with Crippen LogP contribution in [0.5, 0.6) is 5.75 Å². The largest absolute Gasteiger partial charge is 0.482 e. The fourth-order valence-electron chi connectivity index (χ4n) is 2.68. The first-order valence-corrected chi connectivity index (χ1v) is 7.92. The molecule has 1 N–H and O–H groups in total. The van der Waals surface area contributed by atoms with Crippen LogP contribution in [0.25, 0.3) is 0 Å². The number of nitrogens with one attached hydrogen (secondary N) is 1. The van der Waals surface area contributed by atoms with Gasteiger partial charge in [0, 0.05) is 30.6 Å². The average molecular weight is 359 g/mol. The third-order valence-corrected chi connectivity index (χ3v) is 3.83. The van der Waals surface area contributed by atoms with Crippen molar-refractivity contribution in [2.45, 2.75) is 19.5 Å². The van der Waals surface area contributed by atoms with Gasteiger partial charge in [0.15, 0.2) is 6.61 Å². The lowest BCUT2D eigenvalue weighted by molar-refractivity contribution is -0.384. The molecule has 2 heterocycles. The van der Waals surface area contributed by atoms with Gasteiger partial charge in [-0.25, -0.2) is 0 Å². The van der Waals surface area contributed by atoms with Crippen molar-refractivity contribution in [3.63, 3.8) is 0 Å². The van der Waals surface area contributed by atoms with E-state index in [4.69, 9.17) is 4.74 Å². The molecule has 26 heavy (non-hydrogen) atoms. The number of nitrogens with zero attached hydrogens (tertiary/aromatic N) is 4.